The maximum absolute atomic E-state index is 4.74. The quantitative estimate of drug-likeness (QED) is 0.315. The van der Waals surface area contributed by atoms with Gasteiger partial charge in [0.25, 0.3) is 0 Å². The third-order valence-corrected chi connectivity index (χ3v) is 4.43. The van der Waals surface area contributed by atoms with Crippen LogP contribution in [0, 0.1) is 0 Å². The number of rotatable bonds is 9. The number of aliphatic imine (C=N–C) groups is 1. The second-order valence-electron chi connectivity index (χ2n) is 7.17. The Morgan fingerprint density at radius 1 is 1.14 bits per heavy atom. The van der Waals surface area contributed by atoms with Gasteiger partial charge in [0.2, 0.25) is 0 Å². The van der Waals surface area contributed by atoms with Crippen molar-refractivity contribution < 1.29 is 0 Å². The lowest BCUT2D eigenvalue weighted by Crippen LogP contribution is -2.45. The van der Waals surface area contributed by atoms with E-state index in [4.69, 9.17) is 4.99 Å². The number of aromatic nitrogens is 2. The predicted octanol–water partition coefficient (Wildman–Crippen LogP) is 3.66. The van der Waals surface area contributed by atoms with Crippen LogP contribution in [0.1, 0.15) is 40.2 Å². The average molecular weight is 498 g/mol. The Hall–Kier alpha value is -1.61. The summed E-state index contributed by atoms with van der Waals surface area (Å²) in [5.41, 5.74) is 2.21. The van der Waals surface area contributed by atoms with Gasteiger partial charge in [-0.1, -0.05) is 12.1 Å². The van der Waals surface area contributed by atoms with Crippen LogP contribution in [-0.2, 0) is 6.54 Å². The van der Waals surface area contributed by atoms with E-state index < -0.39 is 0 Å². The van der Waals surface area contributed by atoms with Crippen LogP contribution >= 0.6 is 24.0 Å². The Balaban J connectivity index is 0.00000392. The molecule has 0 fully saturated rings. The molecule has 28 heavy (non-hydrogen) atoms. The molecular weight excluding hydrogens is 463 g/mol. The van der Waals surface area contributed by atoms with Crippen LogP contribution in [-0.4, -0.2) is 52.4 Å². The molecule has 0 aliphatic carbocycles. The lowest BCUT2D eigenvalue weighted by Gasteiger charge is -2.30. The lowest BCUT2D eigenvalue weighted by molar-refractivity contribution is 0.178. The first-order valence-electron chi connectivity index (χ1n) is 9.88. The fourth-order valence-electron chi connectivity index (χ4n) is 3.15. The summed E-state index contributed by atoms with van der Waals surface area (Å²) in [7, 11) is 0. The third-order valence-electron chi connectivity index (χ3n) is 4.43. The van der Waals surface area contributed by atoms with E-state index in [1.54, 1.807) is 6.20 Å². The van der Waals surface area contributed by atoms with Crippen molar-refractivity contribution in [3.8, 4) is 5.69 Å². The summed E-state index contributed by atoms with van der Waals surface area (Å²) in [6.07, 6.45) is 3.73. The van der Waals surface area contributed by atoms with Gasteiger partial charge in [0.1, 0.15) is 0 Å². The summed E-state index contributed by atoms with van der Waals surface area (Å²) in [5.74, 6) is 0.856. The molecule has 0 aliphatic rings. The van der Waals surface area contributed by atoms with E-state index in [1.165, 1.54) is 0 Å². The molecule has 156 valence electrons. The zero-order valence-electron chi connectivity index (χ0n) is 17.7. The van der Waals surface area contributed by atoms with Crippen molar-refractivity contribution in [1.82, 2.24) is 25.3 Å². The predicted molar refractivity (Wildman–Crippen MR) is 129 cm³/mol. The highest BCUT2D eigenvalue weighted by Gasteiger charge is 2.12. The van der Waals surface area contributed by atoms with Crippen LogP contribution in [0.3, 0.4) is 0 Å². The van der Waals surface area contributed by atoms with E-state index in [-0.39, 0.29) is 24.0 Å². The zero-order valence-corrected chi connectivity index (χ0v) is 20.1. The summed E-state index contributed by atoms with van der Waals surface area (Å²) in [6.45, 7) is 14.4. The minimum Gasteiger partial charge on any atom is -0.357 e. The smallest absolute Gasteiger partial charge is 0.191 e. The molecule has 0 saturated carbocycles. The van der Waals surface area contributed by atoms with E-state index in [0.29, 0.717) is 18.6 Å². The number of benzene rings is 1. The Labute approximate surface area is 186 Å². The second kappa shape index (κ2) is 12.8. The molecule has 6 nitrogen and oxygen atoms in total. The Morgan fingerprint density at radius 2 is 1.89 bits per heavy atom. The SMILES string of the molecule is CCNC(=NCc1cccc(-n2cccn2)c1)NCCN(C(C)C)C(C)C.I. The van der Waals surface area contributed by atoms with E-state index in [0.717, 1.165) is 36.8 Å². The van der Waals surface area contributed by atoms with E-state index in [1.807, 2.05) is 23.0 Å². The summed E-state index contributed by atoms with van der Waals surface area (Å²) in [6, 6.07) is 11.3. The molecule has 0 unspecified atom stereocenters. The maximum atomic E-state index is 4.74. The number of nitrogens with one attached hydrogen (secondary N) is 2. The molecule has 2 aromatic rings. The highest BCUT2D eigenvalue weighted by atomic mass is 127. The molecule has 2 rings (SSSR count). The molecule has 0 saturated heterocycles. The number of nitrogens with zero attached hydrogens (tertiary/aromatic N) is 4. The van der Waals surface area contributed by atoms with Gasteiger partial charge in [-0.25, -0.2) is 9.67 Å². The van der Waals surface area contributed by atoms with E-state index in [2.05, 4.69) is 73.4 Å². The van der Waals surface area contributed by atoms with Crippen LogP contribution in [0.25, 0.3) is 5.69 Å². The molecule has 1 aromatic heterocycles. The minimum absolute atomic E-state index is 0. The van der Waals surface area contributed by atoms with Gasteiger partial charge in [0.05, 0.1) is 12.2 Å². The molecule has 0 spiro atoms. The highest BCUT2D eigenvalue weighted by molar-refractivity contribution is 14.0. The summed E-state index contributed by atoms with van der Waals surface area (Å²) < 4.78 is 1.86. The van der Waals surface area contributed by atoms with Gasteiger partial charge in [-0.3, -0.25) is 4.90 Å². The standard InChI is InChI=1S/C21H34N6.HI/c1-6-22-21(23-12-14-26(17(2)3)18(4)5)24-16-19-9-7-10-20(15-19)27-13-8-11-25-27;/h7-11,13,15,17-18H,6,12,14,16H2,1-5H3,(H2,22,23,24);1H. The van der Waals surface area contributed by atoms with E-state index in [9.17, 15) is 0 Å². The summed E-state index contributed by atoms with van der Waals surface area (Å²) in [4.78, 5) is 7.22. The molecule has 0 aliphatic heterocycles. The fraction of sp³-hybridized carbons (Fsp3) is 0.524. The molecule has 7 heteroatoms. The first-order valence-corrected chi connectivity index (χ1v) is 9.88. The molecule has 2 N–H and O–H groups in total. The van der Waals surface area contributed by atoms with Crippen molar-refractivity contribution >= 4 is 29.9 Å². The van der Waals surface area contributed by atoms with Gasteiger partial charge in [-0.15, -0.1) is 24.0 Å². The van der Waals surface area contributed by atoms with Crippen LogP contribution in [0.4, 0.5) is 0 Å². The fourth-order valence-corrected chi connectivity index (χ4v) is 3.15. The molecule has 0 atom stereocenters. The maximum Gasteiger partial charge on any atom is 0.191 e. The molecular formula is C21H35IN6. The van der Waals surface area contributed by atoms with Gasteiger partial charge in [-0.2, -0.15) is 5.10 Å². The van der Waals surface area contributed by atoms with E-state index >= 15 is 0 Å². The minimum atomic E-state index is 0. The van der Waals surface area contributed by atoms with Crippen LogP contribution in [0.5, 0.6) is 0 Å². The summed E-state index contributed by atoms with van der Waals surface area (Å²) in [5, 5.41) is 11.1. The van der Waals surface area contributed by atoms with Crippen molar-refractivity contribution in [2.45, 2.75) is 53.2 Å². The van der Waals surface area contributed by atoms with Crippen LogP contribution in [0.15, 0.2) is 47.7 Å². The molecule has 0 radical (unpaired) electrons. The normalized spacial score (nSPS) is 11.8. The van der Waals surface area contributed by atoms with Gasteiger partial charge < -0.3 is 10.6 Å². The topological polar surface area (TPSA) is 57.5 Å². The average Bonchev–Trinajstić information content (AvgIpc) is 3.17. The Kier molecular flexibility index (Phi) is 11.1. The van der Waals surface area contributed by atoms with Crippen molar-refractivity contribution in [3.63, 3.8) is 0 Å². The molecule has 1 aromatic carbocycles. The Bertz CT molecular complexity index is 689. The number of hydrogen-bond donors (Lipinski definition) is 2. The highest BCUT2D eigenvalue weighted by Crippen LogP contribution is 2.10. The van der Waals surface area contributed by atoms with Gasteiger partial charge in [0.15, 0.2) is 5.96 Å². The van der Waals surface area contributed by atoms with Crippen molar-refractivity contribution in [2.75, 3.05) is 19.6 Å². The Morgan fingerprint density at radius 3 is 2.50 bits per heavy atom. The van der Waals surface area contributed by atoms with Crippen LogP contribution in [0.2, 0.25) is 0 Å². The van der Waals surface area contributed by atoms with Gasteiger partial charge in [-0.05, 0) is 58.4 Å². The largest absolute Gasteiger partial charge is 0.357 e. The lowest BCUT2D eigenvalue weighted by atomic mass is 10.2. The monoisotopic (exact) mass is 498 g/mol. The molecule has 0 amide bonds. The second-order valence-corrected chi connectivity index (χ2v) is 7.17. The zero-order chi connectivity index (χ0) is 19.6. The van der Waals surface area contributed by atoms with Crippen molar-refractivity contribution in [1.29, 1.82) is 0 Å². The van der Waals surface area contributed by atoms with Gasteiger partial charge >= 0.3 is 0 Å². The third kappa shape index (κ3) is 7.79. The number of hydrogen-bond acceptors (Lipinski definition) is 3. The van der Waals surface area contributed by atoms with Gasteiger partial charge in [0, 0.05) is 44.1 Å². The summed E-state index contributed by atoms with van der Waals surface area (Å²) >= 11 is 0. The first kappa shape index (κ1) is 24.4. The van der Waals surface area contributed by atoms with Crippen LogP contribution < -0.4 is 10.6 Å². The molecule has 0 bridgehead atoms. The van der Waals surface area contributed by atoms with Crippen molar-refractivity contribution in [3.05, 3.63) is 48.3 Å². The molecule has 1 heterocycles. The van der Waals surface area contributed by atoms with Crippen molar-refractivity contribution in [2.24, 2.45) is 4.99 Å². The number of halogens is 1. The first-order chi connectivity index (χ1) is 13.0. The number of guanidine groups is 1.